The highest BCUT2D eigenvalue weighted by atomic mass is 35.5. The molecule has 0 aromatic heterocycles. The molecule has 5 heteroatoms. The van der Waals surface area contributed by atoms with Crippen LogP contribution in [0.3, 0.4) is 0 Å². The van der Waals surface area contributed by atoms with E-state index in [1.54, 1.807) is 24.0 Å². The minimum absolute atomic E-state index is 0.0575. The molecule has 108 valence electrons. The van der Waals surface area contributed by atoms with Gasteiger partial charge in [-0.2, -0.15) is 0 Å². The summed E-state index contributed by atoms with van der Waals surface area (Å²) in [5.74, 6) is 0.139. The van der Waals surface area contributed by atoms with E-state index in [4.69, 9.17) is 16.3 Å². The van der Waals surface area contributed by atoms with Crippen LogP contribution in [0.2, 0.25) is 5.02 Å². The predicted molar refractivity (Wildman–Crippen MR) is 76.8 cm³/mol. The third-order valence-electron chi connectivity index (χ3n) is 3.64. The number of benzene rings is 1. The first-order valence-electron chi connectivity index (χ1n) is 6.70. The van der Waals surface area contributed by atoms with Crippen LogP contribution in [0.1, 0.15) is 25.3 Å². The zero-order valence-electron chi connectivity index (χ0n) is 11.7. The Hall–Kier alpha value is -1.55. The Bertz CT molecular complexity index is 522. The van der Waals surface area contributed by atoms with Gasteiger partial charge in [-0.15, -0.1) is 0 Å². The summed E-state index contributed by atoms with van der Waals surface area (Å²) >= 11 is 6.00. The standard InChI is InChI=1S/C15H18ClNO3/c1-10-3-4-13(9-14(10)16)20-15(19)12-5-7-17(8-6-12)11(2)18/h3-4,9,12H,5-8H2,1-2H3. The van der Waals surface area contributed by atoms with Gasteiger partial charge in [-0.1, -0.05) is 17.7 Å². The Morgan fingerprint density at radius 3 is 2.50 bits per heavy atom. The van der Waals surface area contributed by atoms with E-state index in [1.807, 2.05) is 13.0 Å². The third-order valence-corrected chi connectivity index (χ3v) is 4.04. The van der Waals surface area contributed by atoms with E-state index in [0.29, 0.717) is 36.7 Å². The SMILES string of the molecule is CC(=O)N1CCC(C(=O)Oc2ccc(C)c(Cl)c2)CC1. The largest absolute Gasteiger partial charge is 0.426 e. The summed E-state index contributed by atoms with van der Waals surface area (Å²) in [6, 6.07) is 5.21. The van der Waals surface area contributed by atoms with Crippen molar-refractivity contribution in [2.75, 3.05) is 13.1 Å². The third kappa shape index (κ3) is 3.51. The van der Waals surface area contributed by atoms with Crippen LogP contribution >= 0.6 is 11.6 Å². The second-order valence-corrected chi connectivity index (χ2v) is 5.52. The van der Waals surface area contributed by atoms with Gasteiger partial charge in [0.2, 0.25) is 5.91 Å². The Kier molecular flexibility index (Phi) is 4.65. The summed E-state index contributed by atoms with van der Waals surface area (Å²) < 4.78 is 5.36. The number of esters is 1. The van der Waals surface area contributed by atoms with E-state index in [-0.39, 0.29) is 17.8 Å². The lowest BCUT2D eigenvalue weighted by Crippen LogP contribution is -2.40. The second kappa shape index (κ2) is 6.27. The van der Waals surface area contributed by atoms with E-state index < -0.39 is 0 Å². The fraction of sp³-hybridized carbons (Fsp3) is 0.467. The van der Waals surface area contributed by atoms with Gasteiger partial charge < -0.3 is 9.64 Å². The monoisotopic (exact) mass is 295 g/mol. The van der Waals surface area contributed by atoms with Crippen molar-refractivity contribution in [2.24, 2.45) is 5.92 Å². The molecule has 0 unspecified atom stereocenters. The number of carbonyl (C=O) groups excluding carboxylic acids is 2. The molecule has 0 N–H and O–H groups in total. The molecule has 1 heterocycles. The lowest BCUT2D eigenvalue weighted by atomic mass is 9.97. The number of hydrogen-bond acceptors (Lipinski definition) is 3. The number of likely N-dealkylation sites (tertiary alicyclic amines) is 1. The molecule has 1 aromatic carbocycles. The van der Waals surface area contributed by atoms with Crippen molar-refractivity contribution in [1.29, 1.82) is 0 Å². The molecule has 20 heavy (non-hydrogen) atoms. The molecule has 1 fully saturated rings. The Balaban J connectivity index is 1.92. The molecule has 1 aliphatic rings. The molecule has 0 aliphatic carbocycles. The Morgan fingerprint density at radius 2 is 1.95 bits per heavy atom. The molecular formula is C15H18ClNO3. The van der Waals surface area contributed by atoms with Crippen LogP contribution in [0.25, 0.3) is 0 Å². The van der Waals surface area contributed by atoms with Crippen molar-refractivity contribution in [2.45, 2.75) is 26.7 Å². The molecule has 1 saturated heterocycles. The molecule has 2 rings (SSSR count). The van der Waals surface area contributed by atoms with Crippen LogP contribution in [0.5, 0.6) is 5.75 Å². The maximum absolute atomic E-state index is 12.1. The van der Waals surface area contributed by atoms with Crippen molar-refractivity contribution in [1.82, 2.24) is 4.90 Å². The van der Waals surface area contributed by atoms with Crippen molar-refractivity contribution in [3.05, 3.63) is 28.8 Å². The van der Waals surface area contributed by atoms with Crippen molar-refractivity contribution >= 4 is 23.5 Å². The number of aryl methyl sites for hydroxylation is 1. The summed E-state index contributed by atoms with van der Waals surface area (Å²) in [7, 11) is 0. The van der Waals surface area contributed by atoms with Gasteiger partial charge in [-0.05, 0) is 37.5 Å². The van der Waals surface area contributed by atoms with Crippen LogP contribution in [0.4, 0.5) is 0 Å². The second-order valence-electron chi connectivity index (χ2n) is 5.11. The van der Waals surface area contributed by atoms with Gasteiger partial charge in [0, 0.05) is 25.0 Å². The van der Waals surface area contributed by atoms with Crippen molar-refractivity contribution < 1.29 is 14.3 Å². The van der Waals surface area contributed by atoms with Gasteiger partial charge in [0.05, 0.1) is 5.92 Å². The van der Waals surface area contributed by atoms with Gasteiger partial charge in [-0.3, -0.25) is 9.59 Å². The lowest BCUT2D eigenvalue weighted by Gasteiger charge is -2.29. The molecule has 4 nitrogen and oxygen atoms in total. The van der Waals surface area contributed by atoms with Gasteiger partial charge in [-0.25, -0.2) is 0 Å². The number of hydrogen-bond donors (Lipinski definition) is 0. The van der Waals surface area contributed by atoms with E-state index in [1.165, 1.54) is 0 Å². The molecule has 1 aliphatic heterocycles. The van der Waals surface area contributed by atoms with Crippen LogP contribution in [-0.2, 0) is 9.59 Å². The molecule has 0 spiro atoms. The van der Waals surface area contributed by atoms with Crippen LogP contribution in [0, 0.1) is 12.8 Å². The highest BCUT2D eigenvalue weighted by molar-refractivity contribution is 6.31. The first-order chi connectivity index (χ1) is 9.47. The summed E-state index contributed by atoms with van der Waals surface area (Å²) in [5.41, 5.74) is 0.946. The van der Waals surface area contributed by atoms with Crippen LogP contribution in [0.15, 0.2) is 18.2 Å². The molecule has 0 atom stereocenters. The fourth-order valence-electron chi connectivity index (χ4n) is 2.27. The summed E-state index contributed by atoms with van der Waals surface area (Å²) in [4.78, 5) is 25.1. The quantitative estimate of drug-likeness (QED) is 0.622. The maximum Gasteiger partial charge on any atom is 0.314 e. The number of piperidine rings is 1. The number of carbonyl (C=O) groups is 2. The van der Waals surface area contributed by atoms with Crippen LogP contribution < -0.4 is 4.74 Å². The van der Waals surface area contributed by atoms with E-state index in [2.05, 4.69) is 0 Å². The summed E-state index contributed by atoms with van der Waals surface area (Å²) in [6.45, 7) is 4.67. The topological polar surface area (TPSA) is 46.6 Å². The number of ether oxygens (including phenoxy) is 1. The average Bonchev–Trinajstić information content (AvgIpc) is 2.43. The Labute approximate surface area is 123 Å². The highest BCUT2D eigenvalue weighted by Gasteiger charge is 2.27. The number of rotatable bonds is 2. The van der Waals surface area contributed by atoms with E-state index in [9.17, 15) is 9.59 Å². The average molecular weight is 296 g/mol. The van der Waals surface area contributed by atoms with Crippen molar-refractivity contribution in [3.63, 3.8) is 0 Å². The zero-order chi connectivity index (χ0) is 14.7. The highest BCUT2D eigenvalue weighted by Crippen LogP contribution is 2.24. The summed E-state index contributed by atoms with van der Waals surface area (Å²) in [6.07, 6.45) is 1.30. The number of halogens is 1. The molecule has 1 amide bonds. The number of nitrogens with zero attached hydrogens (tertiary/aromatic N) is 1. The fourth-order valence-corrected chi connectivity index (χ4v) is 2.44. The van der Waals surface area contributed by atoms with E-state index >= 15 is 0 Å². The molecule has 0 bridgehead atoms. The van der Waals surface area contributed by atoms with Gasteiger partial charge in [0.25, 0.3) is 0 Å². The predicted octanol–water partition coefficient (Wildman–Crippen LogP) is 2.81. The molecule has 0 radical (unpaired) electrons. The zero-order valence-corrected chi connectivity index (χ0v) is 12.4. The summed E-state index contributed by atoms with van der Waals surface area (Å²) in [5, 5.41) is 0.585. The van der Waals surface area contributed by atoms with Gasteiger partial charge in [0.1, 0.15) is 5.75 Å². The first-order valence-corrected chi connectivity index (χ1v) is 7.08. The Morgan fingerprint density at radius 1 is 1.30 bits per heavy atom. The minimum Gasteiger partial charge on any atom is -0.426 e. The van der Waals surface area contributed by atoms with Gasteiger partial charge >= 0.3 is 5.97 Å². The minimum atomic E-state index is -0.242. The number of amides is 1. The first kappa shape index (κ1) is 14.9. The molecule has 0 saturated carbocycles. The van der Waals surface area contributed by atoms with E-state index in [0.717, 1.165) is 5.56 Å². The lowest BCUT2D eigenvalue weighted by molar-refractivity contribution is -0.142. The van der Waals surface area contributed by atoms with Crippen LogP contribution in [-0.4, -0.2) is 29.9 Å². The smallest absolute Gasteiger partial charge is 0.314 e. The molecular weight excluding hydrogens is 278 g/mol. The molecule has 1 aromatic rings. The van der Waals surface area contributed by atoms with Crippen molar-refractivity contribution in [3.8, 4) is 5.75 Å². The van der Waals surface area contributed by atoms with Gasteiger partial charge in [0.15, 0.2) is 0 Å². The normalized spacial score (nSPS) is 16.1. The maximum atomic E-state index is 12.1.